The predicted octanol–water partition coefficient (Wildman–Crippen LogP) is 3.66. The minimum atomic E-state index is 0.383. The van der Waals surface area contributed by atoms with Crippen LogP contribution in [0.3, 0.4) is 0 Å². The van der Waals surface area contributed by atoms with Crippen LogP contribution in [0.2, 0.25) is 10.0 Å². The summed E-state index contributed by atoms with van der Waals surface area (Å²) in [5, 5.41) is 5.30. The van der Waals surface area contributed by atoms with Gasteiger partial charge in [-0.15, -0.1) is 0 Å². The molecular weight excluding hydrogens is 345 g/mol. The molecule has 0 bridgehead atoms. The second-order valence-electron chi connectivity index (χ2n) is 5.49. The van der Waals surface area contributed by atoms with Crippen molar-refractivity contribution in [1.82, 2.24) is 19.7 Å². The maximum Gasteiger partial charge on any atom is 0.137 e. The summed E-state index contributed by atoms with van der Waals surface area (Å²) < 4.78 is 1.80. The Bertz CT molecular complexity index is 846. The maximum absolute atomic E-state index is 6.37. The zero-order valence-corrected chi connectivity index (χ0v) is 14.7. The van der Waals surface area contributed by atoms with E-state index in [-0.39, 0.29) is 0 Å². The normalized spacial score (nSPS) is 11.0. The fourth-order valence-electron chi connectivity index (χ4n) is 2.71. The second-order valence-corrected chi connectivity index (χ2v) is 6.33. The monoisotopic (exact) mass is 361 g/mol. The van der Waals surface area contributed by atoms with Crippen LogP contribution >= 0.6 is 23.2 Å². The van der Waals surface area contributed by atoms with Crippen LogP contribution in [0.5, 0.6) is 0 Å². The van der Waals surface area contributed by atoms with Gasteiger partial charge >= 0.3 is 0 Å². The van der Waals surface area contributed by atoms with Crippen molar-refractivity contribution >= 4 is 23.2 Å². The number of nitrogens with two attached hydrogens (primary N) is 1. The van der Waals surface area contributed by atoms with Crippen LogP contribution in [0.1, 0.15) is 16.8 Å². The van der Waals surface area contributed by atoms with E-state index in [0.29, 0.717) is 16.6 Å². The van der Waals surface area contributed by atoms with Gasteiger partial charge in [0.15, 0.2) is 0 Å². The van der Waals surface area contributed by atoms with Crippen molar-refractivity contribution in [3.63, 3.8) is 0 Å². The SMILES string of the molecule is Cc1cc(CCn2cncn2)c(CN)c(-c2ccc(Cl)cc2Cl)n1. The summed E-state index contributed by atoms with van der Waals surface area (Å²) >= 11 is 12.4. The lowest BCUT2D eigenvalue weighted by Gasteiger charge is -2.15. The van der Waals surface area contributed by atoms with E-state index in [9.17, 15) is 0 Å². The molecule has 0 aliphatic heterocycles. The molecule has 3 rings (SSSR count). The number of hydrogen-bond acceptors (Lipinski definition) is 4. The van der Waals surface area contributed by atoms with E-state index in [2.05, 4.69) is 21.1 Å². The smallest absolute Gasteiger partial charge is 0.137 e. The third-order valence-electron chi connectivity index (χ3n) is 3.81. The molecule has 0 unspecified atom stereocenters. The van der Waals surface area contributed by atoms with E-state index in [0.717, 1.165) is 41.0 Å². The Morgan fingerprint density at radius 3 is 2.71 bits per heavy atom. The van der Waals surface area contributed by atoms with Crippen LogP contribution in [0, 0.1) is 6.92 Å². The van der Waals surface area contributed by atoms with Gasteiger partial charge in [-0.05, 0) is 48.7 Å². The lowest BCUT2D eigenvalue weighted by atomic mass is 9.98. The first-order valence-electron chi connectivity index (χ1n) is 7.55. The highest BCUT2D eigenvalue weighted by molar-refractivity contribution is 6.36. The van der Waals surface area contributed by atoms with Crippen LogP contribution in [0.25, 0.3) is 11.3 Å². The van der Waals surface area contributed by atoms with Gasteiger partial charge in [-0.2, -0.15) is 5.10 Å². The highest BCUT2D eigenvalue weighted by atomic mass is 35.5. The summed E-state index contributed by atoms with van der Waals surface area (Å²) in [5.74, 6) is 0. The van der Waals surface area contributed by atoms with Gasteiger partial charge in [-0.25, -0.2) is 4.98 Å². The van der Waals surface area contributed by atoms with Crippen LogP contribution in [0.15, 0.2) is 36.9 Å². The van der Waals surface area contributed by atoms with E-state index in [4.69, 9.17) is 28.9 Å². The van der Waals surface area contributed by atoms with Gasteiger partial charge in [0, 0.05) is 29.4 Å². The number of hydrogen-bond donors (Lipinski definition) is 1. The first-order valence-corrected chi connectivity index (χ1v) is 8.31. The highest BCUT2D eigenvalue weighted by Gasteiger charge is 2.15. The molecule has 0 spiro atoms. The van der Waals surface area contributed by atoms with Crippen LogP contribution in [-0.4, -0.2) is 19.7 Å². The first kappa shape index (κ1) is 16.9. The van der Waals surface area contributed by atoms with E-state index in [1.165, 1.54) is 6.33 Å². The van der Waals surface area contributed by atoms with Crippen LogP contribution in [0.4, 0.5) is 0 Å². The van der Waals surface area contributed by atoms with Gasteiger partial charge < -0.3 is 5.73 Å². The molecule has 2 N–H and O–H groups in total. The van der Waals surface area contributed by atoms with Crippen molar-refractivity contribution in [2.45, 2.75) is 26.4 Å². The molecule has 0 fully saturated rings. The van der Waals surface area contributed by atoms with E-state index >= 15 is 0 Å². The molecule has 0 saturated heterocycles. The standard InChI is InChI=1S/C17H17Cl2N5/c1-11-6-12(4-5-24-10-21-9-22-24)15(8-20)17(23-11)14-3-2-13(18)7-16(14)19/h2-3,6-7,9-10H,4-5,8,20H2,1H3. The zero-order chi connectivity index (χ0) is 17.1. The van der Waals surface area contributed by atoms with E-state index in [1.54, 1.807) is 17.1 Å². The summed E-state index contributed by atoms with van der Waals surface area (Å²) in [6, 6.07) is 7.47. The molecular formula is C17H17Cl2N5. The molecule has 0 radical (unpaired) electrons. The molecule has 7 heteroatoms. The van der Waals surface area contributed by atoms with Crippen molar-refractivity contribution in [2.75, 3.05) is 0 Å². The number of rotatable bonds is 5. The average molecular weight is 362 g/mol. The van der Waals surface area contributed by atoms with Gasteiger partial charge in [-0.1, -0.05) is 23.2 Å². The quantitative estimate of drug-likeness (QED) is 0.752. The molecule has 2 aromatic heterocycles. The fourth-order valence-corrected chi connectivity index (χ4v) is 3.20. The van der Waals surface area contributed by atoms with Crippen molar-refractivity contribution in [3.8, 4) is 11.3 Å². The predicted molar refractivity (Wildman–Crippen MR) is 96.0 cm³/mol. The molecule has 2 heterocycles. The number of halogens is 2. The van der Waals surface area contributed by atoms with Gasteiger partial charge in [-0.3, -0.25) is 9.67 Å². The van der Waals surface area contributed by atoms with E-state index < -0.39 is 0 Å². The fraction of sp³-hybridized carbons (Fsp3) is 0.235. The minimum absolute atomic E-state index is 0.383. The molecule has 0 amide bonds. The Morgan fingerprint density at radius 1 is 1.21 bits per heavy atom. The summed E-state index contributed by atoms with van der Waals surface area (Å²) in [7, 11) is 0. The number of aromatic nitrogens is 4. The second kappa shape index (κ2) is 7.30. The highest BCUT2D eigenvalue weighted by Crippen LogP contribution is 2.33. The lowest BCUT2D eigenvalue weighted by Crippen LogP contribution is -2.10. The third kappa shape index (κ3) is 3.59. The van der Waals surface area contributed by atoms with Gasteiger partial charge in [0.05, 0.1) is 10.7 Å². The number of aryl methyl sites for hydroxylation is 3. The Morgan fingerprint density at radius 2 is 2.04 bits per heavy atom. The third-order valence-corrected chi connectivity index (χ3v) is 4.36. The molecule has 5 nitrogen and oxygen atoms in total. The lowest BCUT2D eigenvalue weighted by molar-refractivity contribution is 0.610. The largest absolute Gasteiger partial charge is 0.326 e. The molecule has 1 aromatic carbocycles. The Kier molecular flexibility index (Phi) is 5.14. The molecule has 0 aliphatic carbocycles. The van der Waals surface area contributed by atoms with Crippen LogP contribution in [-0.2, 0) is 19.5 Å². The van der Waals surface area contributed by atoms with Crippen molar-refractivity contribution in [3.05, 3.63) is 63.8 Å². The Labute approximate surface area is 150 Å². The minimum Gasteiger partial charge on any atom is -0.326 e. The van der Waals surface area contributed by atoms with Crippen molar-refractivity contribution in [1.29, 1.82) is 0 Å². The maximum atomic E-state index is 6.37. The van der Waals surface area contributed by atoms with Gasteiger partial charge in [0.25, 0.3) is 0 Å². The number of pyridine rings is 1. The van der Waals surface area contributed by atoms with Crippen molar-refractivity contribution in [2.24, 2.45) is 5.73 Å². The molecule has 0 saturated carbocycles. The molecule has 124 valence electrons. The summed E-state index contributed by atoms with van der Waals surface area (Å²) in [4.78, 5) is 8.63. The zero-order valence-electron chi connectivity index (χ0n) is 13.2. The van der Waals surface area contributed by atoms with Gasteiger partial charge in [0.1, 0.15) is 12.7 Å². The topological polar surface area (TPSA) is 69.6 Å². The van der Waals surface area contributed by atoms with E-state index in [1.807, 2.05) is 19.1 Å². The first-order chi connectivity index (χ1) is 11.6. The summed E-state index contributed by atoms with van der Waals surface area (Å²) in [6.07, 6.45) is 4.02. The number of nitrogens with zero attached hydrogens (tertiary/aromatic N) is 4. The molecule has 24 heavy (non-hydrogen) atoms. The Balaban J connectivity index is 2.02. The average Bonchev–Trinajstić information content (AvgIpc) is 3.06. The summed E-state index contributed by atoms with van der Waals surface area (Å²) in [5.41, 5.74) is 10.7. The Hall–Kier alpha value is -1.95. The summed E-state index contributed by atoms with van der Waals surface area (Å²) in [6.45, 7) is 3.07. The number of benzene rings is 1. The van der Waals surface area contributed by atoms with Crippen LogP contribution < -0.4 is 5.73 Å². The molecule has 0 atom stereocenters. The van der Waals surface area contributed by atoms with Gasteiger partial charge in [0.2, 0.25) is 0 Å². The molecule has 0 aliphatic rings. The molecule has 3 aromatic rings. The van der Waals surface area contributed by atoms with Crippen molar-refractivity contribution < 1.29 is 0 Å².